The number of rotatable bonds is 13. The third kappa shape index (κ3) is 8.70. The fraction of sp³-hybridized carbons (Fsp3) is 0.583. The van der Waals surface area contributed by atoms with Crippen molar-refractivity contribution in [2.45, 2.75) is 95.8 Å². The zero-order valence-electron chi connectivity index (χ0n) is 18.5. The van der Waals surface area contributed by atoms with Gasteiger partial charge in [0, 0.05) is 0 Å². The molecule has 0 N–H and O–H groups in total. The molecule has 0 unspecified atom stereocenters. The van der Waals surface area contributed by atoms with Crippen molar-refractivity contribution in [1.82, 2.24) is 0 Å². The van der Waals surface area contributed by atoms with Crippen LogP contribution in [0.25, 0.3) is 10.8 Å². The SMILES string of the molecule is CCCCCCCc1cc(S(=O)(=O)[O-])cc2c(CCCCCCC)cccc12.[Na+]. The van der Waals surface area contributed by atoms with Crippen molar-refractivity contribution in [3.05, 3.63) is 41.5 Å². The summed E-state index contributed by atoms with van der Waals surface area (Å²) in [6.07, 6.45) is 13.6. The van der Waals surface area contributed by atoms with Gasteiger partial charge >= 0.3 is 29.6 Å². The molecule has 0 saturated carbocycles. The molecule has 3 nitrogen and oxygen atoms in total. The molecule has 0 aromatic heterocycles. The van der Waals surface area contributed by atoms with Gasteiger partial charge in [-0.1, -0.05) is 83.4 Å². The van der Waals surface area contributed by atoms with E-state index in [2.05, 4.69) is 32.0 Å². The van der Waals surface area contributed by atoms with Gasteiger partial charge in [0.05, 0.1) is 4.90 Å². The third-order valence-corrected chi connectivity index (χ3v) is 6.35. The van der Waals surface area contributed by atoms with Crippen molar-refractivity contribution < 1.29 is 42.5 Å². The molecule has 0 atom stereocenters. The van der Waals surface area contributed by atoms with Crippen LogP contribution in [0.2, 0.25) is 0 Å². The maximum atomic E-state index is 11.7. The second kappa shape index (κ2) is 13.8. The Bertz CT molecular complexity index is 847. The van der Waals surface area contributed by atoms with Crippen LogP contribution in [-0.4, -0.2) is 13.0 Å². The van der Waals surface area contributed by atoms with Crippen LogP contribution in [0.4, 0.5) is 0 Å². The minimum absolute atomic E-state index is 0. The van der Waals surface area contributed by atoms with Crippen molar-refractivity contribution in [2.24, 2.45) is 0 Å². The molecule has 29 heavy (non-hydrogen) atoms. The molecule has 0 heterocycles. The van der Waals surface area contributed by atoms with Crippen LogP contribution >= 0.6 is 0 Å². The van der Waals surface area contributed by atoms with Crippen molar-refractivity contribution in [3.63, 3.8) is 0 Å². The van der Waals surface area contributed by atoms with E-state index in [1.54, 1.807) is 12.1 Å². The summed E-state index contributed by atoms with van der Waals surface area (Å²) in [7, 11) is -4.46. The Hall–Kier alpha value is -0.390. The molecule has 156 valence electrons. The zero-order chi connectivity index (χ0) is 20.4. The number of unbranched alkanes of at least 4 members (excludes halogenated alkanes) is 8. The summed E-state index contributed by atoms with van der Waals surface area (Å²) < 4.78 is 35.2. The van der Waals surface area contributed by atoms with Gasteiger partial charge in [-0.05, 0) is 59.7 Å². The van der Waals surface area contributed by atoms with E-state index in [0.29, 0.717) is 0 Å². The van der Waals surface area contributed by atoms with Crippen molar-refractivity contribution in [2.75, 3.05) is 0 Å². The first-order valence-electron chi connectivity index (χ1n) is 11.0. The Balaban J connectivity index is 0.00000420. The largest absolute Gasteiger partial charge is 1.00 e. The molecule has 0 aliphatic heterocycles. The number of hydrogen-bond donors (Lipinski definition) is 0. The third-order valence-electron chi connectivity index (χ3n) is 5.53. The van der Waals surface area contributed by atoms with Crippen LogP contribution in [0.15, 0.2) is 35.2 Å². The fourth-order valence-electron chi connectivity index (χ4n) is 3.90. The minimum atomic E-state index is -4.46. The van der Waals surface area contributed by atoms with E-state index in [0.717, 1.165) is 54.0 Å². The van der Waals surface area contributed by atoms with Crippen molar-refractivity contribution in [1.29, 1.82) is 0 Å². The molecule has 0 aliphatic carbocycles. The Morgan fingerprint density at radius 2 is 1.28 bits per heavy atom. The van der Waals surface area contributed by atoms with Crippen LogP contribution < -0.4 is 29.6 Å². The molecule has 0 fully saturated rings. The van der Waals surface area contributed by atoms with Gasteiger partial charge in [0.2, 0.25) is 0 Å². The second-order valence-electron chi connectivity index (χ2n) is 7.88. The topological polar surface area (TPSA) is 57.2 Å². The van der Waals surface area contributed by atoms with Gasteiger partial charge in [0.25, 0.3) is 0 Å². The summed E-state index contributed by atoms with van der Waals surface area (Å²) >= 11 is 0. The van der Waals surface area contributed by atoms with E-state index >= 15 is 0 Å². The molecule has 0 saturated heterocycles. The smallest absolute Gasteiger partial charge is 0.744 e. The Labute approximate surface area is 199 Å². The van der Waals surface area contributed by atoms with E-state index in [4.69, 9.17) is 0 Å². The summed E-state index contributed by atoms with van der Waals surface area (Å²) in [4.78, 5) is -0.0815. The maximum absolute atomic E-state index is 11.7. The summed E-state index contributed by atoms with van der Waals surface area (Å²) in [5.74, 6) is 0. The monoisotopic (exact) mass is 426 g/mol. The Kier molecular flexibility index (Phi) is 12.7. The van der Waals surface area contributed by atoms with Gasteiger partial charge < -0.3 is 4.55 Å². The van der Waals surface area contributed by atoms with Crippen LogP contribution in [0.1, 0.15) is 89.2 Å². The molecule has 0 aliphatic rings. The zero-order valence-corrected chi connectivity index (χ0v) is 21.3. The van der Waals surface area contributed by atoms with Crippen molar-refractivity contribution >= 4 is 20.9 Å². The van der Waals surface area contributed by atoms with E-state index < -0.39 is 10.1 Å². The second-order valence-corrected chi connectivity index (χ2v) is 9.26. The van der Waals surface area contributed by atoms with Gasteiger partial charge in [-0.2, -0.15) is 0 Å². The molecule has 2 rings (SSSR count). The summed E-state index contributed by atoms with van der Waals surface area (Å²) in [6, 6.07) is 9.41. The summed E-state index contributed by atoms with van der Waals surface area (Å²) in [6.45, 7) is 4.40. The van der Waals surface area contributed by atoms with E-state index in [-0.39, 0.29) is 34.5 Å². The molecule has 0 bridgehead atoms. The summed E-state index contributed by atoms with van der Waals surface area (Å²) in [5.41, 5.74) is 2.16. The van der Waals surface area contributed by atoms with Gasteiger partial charge in [-0.3, -0.25) is 0 Å². The number of aryl methyl sites for hydroxylation is 2. The molecular formula is C24H35NaO3S. The average Bonchev–Trinajstić information content (AvgIpc) is 2.67. The minimum Gasteiger partial charge on any atom is -0.744 e. The molecule has 2 aromatic carbocycles. The molecule has 0 radical (unpaired) electrons. The van der Waals surface area contributed by atoms with Crippen LogP contribution in [-0.2, 0) is 23.0 Å². The molecule has 0 amide bonds. The summed E-state index contributed by atoms with van der Waals surface area (Å²) in [5, 5.41) is 2.05. The predicted octanol–water partition coefficient (Wildman–Crippen LogP) is 3.77. The quantitative estimate of drug-likeness (QED) is 0.278. The molecule has 2 aromatic rings. The first-order valence-corrected chi connectivity index (χ1v) is 12.4. The molecular weight excluding hydrogens is 391 g/mol. The standard InChI is InChI=1S/C24H36O3S.Na/c1-3-5-7-9-11-14-20-16-13-17-23-21(15-12-10-8-6-4-2)18-22(19-24(20)23)28(25,26)27;/h13,16-19H,3-12,14-15H2,1-2H3,(H,25,26,27);/q;+1/p-1. The van der Waals surface area contributed by atoms with Gasteiger partial charge in [0.15, 0.2) is 0 Å². The number of fused-ring (bicyclic) bond motifs is 1. The normalized spacial score (nSPS) is 11.6. The Morgan fingerprint density at radius 1 is 0.724 bits per heavy atom. The first kappa shape index (κ1) is 26.6. The van der Waals surface area contributed by atoms with E-state index in [9.17, 15) is 13.0 Å². The van der Waals surface area contributed by atoms with Gasteiger partial charge in [0.1, 0.15) is 10.1 Å². The van der Waals surface area contributed by atoms with Crippen LogP contribution in [0.3, 0.4) is 0 Å². The number of hydrogen-bond acceptors (Lipinski definition) is 3. The van der Waals surface area contributed by atoms with E-state index in [1.807, 2.05) is 0 Å². The first-order chi connectivity index (χ1) is 13.5. The maximum Gasteiger partial charge on any atom is 1.00 e. The molecule has 0 spiro atoms. The fourth-order valence-corrected chi connectivity index (χ4v) is 4.45. The van der Waals surface area contributed by atoms with E-state index in [1.165, 1.54) is 44.9 Å². The van der Waals surface area contributed by atoms with Crippen molar-refractivity contribution in [3.8, 4) is 0 Å². The van der Waals surface area contributed by atoms with Gasteiger partial charge in [-0.25, -0.2) is 8.42 Å². The molecule has 5 heteroatoms. The van der Waals surface area contributed by atoms with Crippen LogP contribution in [0, 0.1) is 0 Å². The van der Waals surface area contributed by atoms with Gasteiger partial charge in [-0.15, -0.1) is 0 Å². The predicted molar refractivity (Wildman–Crippen MR) is 117 cm³/mol. The number of benzene rings is 2. The van der Waals surface area contributed by atoms with Crippen LogP contribution in [0.5, 0.6) is 0 Å². The average molecular weight is 427 g/mol. The Morgan fingerprint density at radius 3 is 1.83 bits per heavy atom.